The molecule has 1 unspecified atom stereocenters. The molecule has 2 N–H and O–H groups in total. The summed E-state index contributed by atoms with van der Waals surface area (Å²) in [5.74, 6) is -0.305. The number of hydrogen-bond acceptors (Lipinski definition) is 3. The molecule has 19 heavy (non-hydrogen) atoms. The van der Waals surface area contributed by atoms with Crippen LogP contribution in [-0.2, 0) is 0 Å². The number of hydrogen-bond donors (Lipinski definition) is 2. The van der Waals surface area contributed by atoms with Gasteiger partial charge in [-0.05, 0) is 19.1 Å². The summed E-state index contributed by atoms with van der Waals surface area (Å²) in [6.45, 7) is 0.646. The van der Waals surface area contributed by atoms with Gasteiger partial charge < -0.3 is 14.8 Å². The Bertz CT molecular complexity index is 548. The highest BCUT2D eigenvalue weighted by atomic mass is 19.1. The molecule has 0 aliphatic heterocycles. The molecule has 0 fully saturated rings. The molecule has 0 aliphatic carbocycles. The number of fused-ring (bicyclic) bond motifs is 1. The van der Waals surface area contributed by atoms with E-state index < -0.39 is 18.1 Å². The van der Waals surface area contributed by atoms with E-state index in [1.807, 2.05) is 18.2 Å². The van der Waals surface area contributed by atoms with Gasteiger partial charge in [0.2, 0.25) is 0 Å². The van der Waals surface area contributed by atoms with E-state index >= 15 is 0 Å². The normalized spacial score (nSPS) is 14.3. The van der Waals surface area contributed by atoms with Gasteiger partial charge in [-0.25, -0.2) is 0 Å². The van der Waals surface area contributed by atoms with Crippen molar-refractivity contribution in [2.45, 2.75) is 18.9 Å². The van der Waals surface area contributed by atoms with Gasteiger partial charge in [0.15, 0.2) is 5.76 Å². The van der Waals surface area contributed by atoms with Gasteiger partial charge in [-0.15, -0.1) is 0 Å². The number of rotatable bonds is 5. The van der Waals surface area contributed by atoms with Crippen molar-refractivity contribution in [3.05, 3.63) is 36.1 Å². The lowest BCUT2D eigenvalue weighted by Gasteiger charge is -2.26. The van der Waals surface area contributed by atoms with E-state index in [4.69, 9.17) is 4.42 Å². The lowest BCUT2D eigenvalue weighted by atomic mass is 10.00. The molecule has 1 heterocycles. The number of para-hydroxylation sites is 1. The van der Waals surface area contributed by atoms with Gasteiger partial charge in [0.05, 0.1) is 18.8 Å². The van der Waals surface area contributed by atoms with Crippen molar-refractivity contribution >= 4 is 16.9 Å². The zero-order valence-electron chi connectivity index (χ0n) is 10.6. The minimum atomic E-state index is -0.981. The Morgan fingerprint density at radius 3 is 2.84 bits per heavy atom. The summed E-state index contributed by atoms with van der Waals surface area (Å²) < 4.78 is 17.8. The first-order valence-electron chi connectivity index (χ1n) is 6.06. The third-order valence-electron chi connectivity index (χ3n) is 3.06. The molecule has 0 aliphatic rings. The molecular formula is C14H16FNO3. The topological polar surface area (TPSA) is 62.5 Å². The van der Waals surface area contributed by atoms with E-state index in [1.165, 1.54) is 0 Å². The second-order valence-electron chi connectivity index (χ2n) is 4.76. The number of furan rings is 1. The highest BCUT2D eigenvalue weighted by Crippen LogP contribution is 2.19. The number of benzene rings is 1. The van der Waals surface area contributed by atoms with Gasteiger partial charge in [-0.3, -0.25) is 9.18 Å². The standard InChI is InChI=1S/C14H16FNO3/c1-14(9-17,6-7-15)16-13(18)12-8-10-4-2-3-5-11(10)19-12/h2-5,8,17H,6-7,9H2,1H3,(H,16,18). The van der Waals surface area contributed by atoms with Gasteiger partial charge in [0.1, 0.15) is 5.58 Å². The number of amides is 1. The van der Waals surface area contributed by atoms with Gasteiger partial charge in [0.25, 0.3) is 5.91 Å². The number of aliphatic hydroxyl groups is 1. The van der Waals surface area contributed by atoms with Crippen molar-refractivity contribution in [1.29, 1.82) is 0 Å². The number of nitrogens with one attached hydrogen (secondary N) is 1. The van der Waals surface area contributed by atoms with Crippen molar-refractivity contribution in [2.75, 3.05) is 13.3 Å². The van der Waals surface area contributed by atoms with Crippen molar-refractivity contribution in [3.63, 3.8) is 0 Å². The summed E-state index contributed by atoms with van der Waals surface area (Å²) in [5, 5.41) is 12.7. The van der Waals surface area contributed by atoms with E-state index in [9.17, 15) is 14.3 Å². The highest BCUT2D eigenvalue weighted by Gasteiger charge is 2.27. The van der Waals surface area contributed by atoms with Crippen LogP contribution in [0.25, 0.3) is 11.0 Å². The summed E-state index contributed by atoms with van der Waals surface area (Å²) in [6, 6.07) is 8.88. The number of alkyl halides is 1. The minimum absolute atomic E-state index is 0.0511. The smallest absolute Gasteiger partial charge is 0.287 e. The third-order valence-corrected chi connectivity index (χ3v) is 3.06. The lowest BCUT2D eigenvalue weighted by Crippen LogP contribution is -2.49. The van der Waals surface area contributed by atoms with Crippen LogP contribution in [0.5, 0.6) is 0 Å². The van der Waals surface area contributed by atoms with Crippen LogP contribution in [-0.4, -0.2) is 29.8 Å². The van der Waals surface area contributed by atoms with E-state index in [0.717, 1.165) is 5.39 Å². The Labute approximate surface area is 110 Å². The van der Waals surface area contributed by atoms with Gasteiger partial charge in [-0.1, -0.05) is 18.2 Å². The number of carbonyl (C=O) groups excluding carboxylic acids is 1. The highest BCUT2D eigenvalue weighted by molar-refractivity contribution is 5.96. The molecule has 5 heteroatoms. The first-order chi connectivity index (χ1) is 9.08. The van der Waals surface area contributed by atoms with Gasteiger partial charge in [-0.2, -0.15) is 0 Å². The Hall–Kier alpha value is -1.88. The van der Waals surface area contributed by atoms with Crippen molar-refractivity contribution < 1.29 is 18.7 Å². The van der Waals surface area contributed by atoms with Gasteiger partial charge in [0, 0.05) is 11.8 Å². The fourth-order valence-electron chi connectivity index (χ4n) is 1.82. The Kier molecular flexibility index (Phi) is 3.85. The summed E-state index contributed by atoms with van der Waals surface area (Å²) in [7, 11) is 0. The van der Waals surface area contributed by atoms with Crippen molar-refractivity contribution in [1.82, 2.24) is 5.32 Å². The molecule has 2 aromatic rings. The average molecular weight is 265 g/mol. The van der Waals surface area contributed by atoms with Crippen LogP contribution >= 0.6 is 0 Å². The predicted molar refractivity (Wildman–Crippen MR) is 69.8 cm³/mol. The average Bonchev–Trinajstić information content (AvgIpc) is 2.83. The molecular weight excluding hydrogens is 249 g/mol. The summed E-state index contributed by atoms with van der Waals surface area (Å²) in [6.07, 6.45) is 0.0511. The first kappa shape index (κ1) is 13.5. The summed E-state index contributed by atoms with van der Waals surface area (Å²) in [5.41, 5.74) is -0.367. The Balaban J connectivity index is 2.19. The monoisotopic (exact) mass is 265 g/mol. The molecule has 1 atom stereocenters. The second-order valence-corrected chi connectivity index (χ2v) is 4.76. The summed E-state index contributed by atoms with van der Waals surface area (Å²) >= 11 is 0. The number of carbonyl (C=O) groups is 1. The molecule has 4 nitrogen and oxygen atoms in total. The van der Waals surface area contributed by atoms with E-state index in [-0.39, 0.29) is 18.8 Å². The van der Waals surface area contributed by atoms with Crippen LogP contribution in [0.4, 0.5) is 4.39 Å². The molecule has 0 saturated carbocycles. The molecule has 102 valence electrons. The molecule has 1 amide bonds. The van der Waals surface area contributed by atoms with Crippen molar-refractivity contribution in [2.24, 2.45) is 0 Å². The first-order valence-corrected chi connectivity index (χ1v) is 6.06. The molecule has 0 bridgehead atoms. The molecule has 1 aromatic heterocycles. The minimum Gasteiger partial charge on any atom is -0.451 e. The second kappa shape index (κ2) is 5.40. The fraction of sp³-hybridized carbons (Fsp3) is 0.357. The zero-order chi connectivity index (χ0) is 13.9. The SMILES string of the molecule is CC(CO)(CCF)NC(=O)c1cc2ccccc2o1. The summed E-state index contributed by atoms with van der Waals surface area (Å²) in [4.78, 5) is 12.0. The van der Waals surface area contributed by atoms with Crippen LogP contribution in [0.1, 0.15) is 23.9 Å². The number of halogens is 1. The lowest BCUT2D eigenvalue weighted by molar-refractivity contribution is 0.0807. The molecule has 2 rings (SSSR count). The van der Waals surface area contributed by atoms with Crippen LogP contribution in [0.3, 0.4) is 0 Å². The van der Waals surface area contributed by atoms with E-state index in [2.05, 4.69) is 5.32 Å². The van der Waals surface area contributed by atoms with Gasteiger partial charge >= 0.3 is 0 Å². The Morgan fingerprint density at radius 2 is 2.21 bits per heavy atom. The molecule has 0 spiro atoms. The maximum atomic E-state index is 12.4. The maximum Gasteiger partial charge on any atom is 0.287 e. The van der Waals surface area contributed by atoms with Crippen LogP contribution in [0.15, 0.2) is 34.7 Å². The predicted octanol–water partition coefficient (Wildman–Crippen LogP) is 2.27. The van der Waals surface area contributed by atoms with E-state index in [0.29, 0.717) is 5.58 Å². The fourth-order valence-corrected chi connectivity index (χ4v) is 1.82. The zero-order valence-corrected chi connectivity index (χ0v) is 10.6. The quantitative estimate of drug-likeness (QED) is 0.871. The van der Waals surface area contributed by atoms with E-state index in [1.54, 1.807) is 19.1 Å². The molecule has 0 radical (unpaired) electrons. The Morgan fingerprint density at radius 1 is 1.47 bits per heavy atom. The van der Waals surface area contributed by atoms with Crippen LogP contribution in [0, 0.1) is 0 Å². The molecule has 0 saturated heterocycles. The van der Waals surface area contributed by atoms with Crippen LogP contribution in [0.2, 0.25) is 0 Å². The number of aliphatic hydroxyl groups excluding tert-OH is 1. The third kappa shape index (κ3) is 2.93. The van der Waals surface area contributed by atoms with Crippen LogP contribution < -0.4 is 5.32 Å². The van der Waals surface area contributed by atoms with Crippen molar-refractivity contribution in [3.8, 4) is 0 Å². The maximum absolute atomic E-state index is 12.4. The molecule has 1 aromatic carbocycles. The largest absolute Gasteiger partial charge is 0.451 e.